The summed E-state index contributed by atoms with van der Waals surface area (Å²) in [4.78, 5) is 18.2. The van der Waals surface area contributed by atoms with Crippen molar-refractivity contribution in [2.24, 2.45) is 5.41 Å². The number of rotatable bonds is 4. The summed E-state index contributed by atoms with van der Waals surface area (Å²) in [6, 6.07) is 20.0. The standard InChI is InChI=1S/C25H22N4O2S/c1-15-8-4-5-9-16(15)19-13-12-18-21(17-10-6-7-11-20(17)31-22(18)27-19)25(2,3)23(30)28-24-29-26-14-32-24/h4-14,21H,1-3H3,(H,28,29,30)/t21-/m0/s1. The number of ether oxygens (including phenoxy) is 1. The summed E-state index contributed by atoms with van der Waals surface area (Å²) in [7, 11) is 0. The Morgan fingerprint density at radius 1 is 1.03 bits per heavy atom. The van der Waals surface area contributed by atoms with Crippen molar-refractivity contribution in [2.45, 2.75) is 26.7 Å². The molecule has 0 fully saturated rings. The molecule has 7 heteroatoms. The predicted molar refractivity (Wildman–Crippen MR) is 125 cm³/mol. The van der Waals surface area contributed by atoms with E-state index in [1.807, 2.05) is 62.4 Å². The number of hydrogen-bond donors (Lipinski definition) is 1. The third-order valence-electron chi connectivity index (χ3n) is 5.95. The monoisotopic (exact) mass is 442 g/mol. The molecule has 0 spiro atoms. The van der Waals surface area contributed by atoms with Gasteiger partial charge in [0, 0.05) is 22.6 Å². The van der Waals surface area contributed by atoms with E-state index in [9.17, 15) is 4.79 Å². The molecule has 0 unspecified atom stereocenters. The first kappa shape index (κ1) is 20.3. The number of pyridine rings is 1. The fourth-order valence-corrected chi connectivity index (χ4v) is 4.68. The Morgan fingerprint density at radius 2 is 1.81 bits per heavy atom. The molecule has 0 saturated heterocycles. The van der Waals surface area contributed by atoms with Crippen LogP contribution in [0.4, 0.5) is 5.13 Å². The van der Waals surface area contributed by atoms with Crippen LogP contribution in [0.15, 0.2) is 66.2 Å². The highest BCUT2D eigenvalue weighted by Gasteiger charge is 2.44. The molecule has 0 bridgehead atoms. The number of aromatic nitrogens is 3. The van der Waals surface area contributed by atoms with Gasteiger partial charge in [0.15, 0.2) is 0 Å². The van der Waals surface area contributed by atoms with E-state index in [2.05, 4.69) is 34.6 Å². The van der Waals surface area contributed by atoms with Gasteiger partial charge in [0.2, 0.25) is 16.9 Å². The van der Waals surface area contributed by atoms with Gasteiger partial charge in [-0.2, -0.15) is 0 Å². The number of amides is 1. The topological polar surface area (TPSA) is 77.0 Å². The number of carbonyl (C=O) groups excluding carboxylic acids is 1. The molecule has 3 heterocycles. The van der Waals surface area contributed by atoms with E-state index in [4.69, 9.17) is 9.72 Å². The van der Waals surface area contributed by atoms with Crippen LogP contribution in [0.25, 0.3) is 11.3 Å². The molecule has 1 N–H and O–H groups in total. The van der Waals surface area contributed by atoms with E-state index < -0.39 is 5.41 Å². The Labute approximate surface area is 190 Å². The number of anilines is 1. The van der Waals surface area contributed by atoms with Gasteiger partial charge in [-0.05, 0) is 24.6 Å². The molecule has 1 amide bonds. The van der Waals surface area contributed by atoms with Gasteiger partial charge in [0.1, 0.15) is 11.3 Å². The second kappa shape index (κ2) is 7.84. The fraction of sp³-hybridized carbons (Fsp3) is 0.200. The van der Waals surface area contributed by atoms with Gasteiger partial charge in [0.25, 0.3) is 0 Å². The van der Waals surface area contributed by atoms with E-state index in [1.54, 1.807) is 5.51 Å². The molecule has 4 aromatic rings. The Bertz CT molecular complexity index is 1300. The molecule has 1 aliphatic heterocycles. The van der Waals surface area contributed by atoms with Crippen LogP contribution < -0.4 is 10.1 Å². The van der Waals surface area contributed by atoms with Gasteiger partial charge in [-0.15, -0.1) is 10.2 Å². The number of benzene rings is 2. The Kier molecular flexibility index (Phi) is 4.98. The molecule has 0 saturated carbocycles. The number of hydrogen-bond acceptors (Lipinski definition) is 6. The quantitative estimate of drug-likeness (QED) is 0.431. The zero-order chi connectivity index (χ0) is 22.3. The summed E-state index contributed by atoms with van der Waals surface area (Å²) >= 11 is 1.29. The molecule has 160 valence electrons. The minimum atomic E-state index is -0.799. The first-order valence-electron chi connectivity index (χ1n) is 10.4. The van der Waals surface area contributed by atoms with Gasteiger partial charge in [-0.3, -0.25) is 4.79 Å². The highest BCUT2D eigenvalue weighted by molar-refractivity contribution is 7.13. The number of carbonyl (C=O) groups is 1. The summed E-state index contributed by atoms with van der Waals surface area (Å²) in [5, 5.41) is 11.2. The minimum Gasteiger partial charge on any atom is -0.438 e. The second-order valence-corrected chi connectivity index (χ2v) is 9.23. The van der Waals surface area contributed by atoms with Crippen LogP contribution in [0.1, 0.15) is 36.5 Å². The molecule has 2 aromatic carbocycles. The SMILES string of the molecule is Cc1ccccc1-c1ccc2c(n1)Oc1ccccc1[C@@H]2C(C)(C)C(=O)Nc1nncs1. The predicted octanol–water partition coefficient (Wildman–Crippen LogP) is 5.81. The smallest absolute Gasteiger partial charge is 0.232 e. The van der Waals surface area contributed by atoms with Crippen LogP contribution >= 0.6 is 11.3 Å². The van der Waals surface area contributed by atoms with Crippen LogP contribution in [0.5, 0.6) is 11.6 Å². The van der Waals surface area contributed by atoms with Gasteiger partial charge >= 0.3 is 0 Å². The maximum atomic E-state index is 13.4. The highest BCUT2D eigenvalue weighted by atomic mass is 32.1. The average molecular weight is 443 g/mol. The van der Waals surface area contributed by atoms with Gasteiger partial charge in [-0.25, -0.2) is 4.98 Å². The maximum Gasteiger partial charge on any atom is 0.232 e. The molecule has 1 atom stereocenters. The van der Waals surface area contributed by atoms with Crippen molar-refractivity contribution in [1.82, 2.24) is 15.2 Å². The van der Waals surface area contributed by atoms with E-state index in [0.717, 1.165) is 33.7 Å². The Morgan fingerprint density at radius 3 is 2.59 bits per heavy atom. The van der Waals surface area contributed by atoms with Crippen LogP contribution in [-0.2, 0) is 4.79 Å². The summed E-state index contributed by atoms with van der Waals surface area (Å²) < 4.78 is 6.23. The van der Waals surface area contributed by atoms with Crippen molar-refractivity contribution in [3.05, 3.63) is 82.9 Å². The van der Waals surface area contributed by atoms with E-state index >= 15 is 0 Å². The molecule has 2 aromatic heterocycles. The number of aryl methyl sites for hydroxylation is 1. The highest BCUT2D eigenvalue weighted by Crippen LogP contribution is 2.52. The third-order valence-corrected chi connectivity index (χ3v) is 6.55. The van der Waals surface area contributed by atoms with Gasteiger partial charge in [0.05, 0.1) is 11.1 Å². The van der Waals surface area contributed by atoms with Crippen molar-refractivity contribution in [2.75, 3.05) is 5.32 Å². The summed E-state index contributed by atoms with van der Waals surface area (Å²) in [5.74, 6) is 0.876. The average Bonchev–Trinajstić information content (AvgIpc) is 3.30. The molecule has 32 heavy (non-hydrogen) atoms. The van der Waals surface area contributed by atoms with Crippen molar-refractivity contribution in [3.8, 4) is 22.9 Å². The number of fused-ring (bicyclic) bond motifs is 2. The lowest BCUT2D eigenvalue weighted by molar-refractivity contribution is -0.124. The van der Waals surface area contributed by atoms with Crippen molar-refractivity contribution in [1.29, 1.82) is 0 Å². The number of nitrogens with zero attached hydrogens (tertiary/aromatic N) is 3. The third kappa shape index (κ3) is 3.44. The summed E-state index contributed by atoms with van der Waals surface area (Å²) in [6.45, 7) is 5.95. The largest absolute Gasteiger partial charge is 0.438 e. The van der Waals surface area contributed by atoms with Crippen LogP contribution in [0.3, 0.4) is 0 Å². The zero-order valence-corrected chi connectivity index (χ0v) is 18.8. The minimum absolute atomic E-state index is 0.134. The second-order valence-electron chi connectivity index (χ2n) is 8.40. The molecular weight excluding hydrogens is 420 g/mol. The normalized spacial score (nSPS) is 14.8. The lowest BCUT2D eigenvalue weighted by atomic mass is 9.69. The summed E-state index contributed by atoms with van der Waals surface area (Å²) in [6.07, 6.45) is 0. The Balaban J connectivity index is 1.60. The van der Waals surface area contributed by atoms with Gasteiger partial charge in [-0.1, -0.05) is 73.7 Å². The summed E-state index contributed by atoms with van der Waals surface area (Å²) in [5.41, 5.74) is 5.69. The molecule has 0 radical (unpaired) electrons. The number of nitrogens with one attached hydrogen (secondary N) is 1. The molecule has 1 aliphatic rings. The van der Waals surface area contributed by atoms with Crippen molar-refractivity contribution in [3.63, 3.8) is 0 Å². The first-order valence-corrected chi connectivity index (χ1v) is 11.2. The maximum absolute atomic E-state index is 13.4. The van der Waals surface area contributed by atoms with E-state index in [1.165, 1.54) is 11.3 Å². The van der Waals surface area contributed by atoms with Crippen LogP contribution in [0.2, 0.25) is 0 Å². The van der Waals surface area contributed by atoms with Crippen molar-refractivity contribution < 1.29 is 9.53 Å². The lowest BCUT2D eigenvalue weighted by Crippen LogP contribution is -2.38. The fourth-order valence-electron chi connectivity index (χ4n) is 4.24. The van der Waals surface area contributed by atoms with Crippen LogP contribution in [-0.4, -0.2) is 21.1 Å². The van der Waals surface area contributed by atoms with E-state index in [0.29, 0.717) is 11.0 Å². The number of para-hydroxylation sites is 1. The molecular formula is C25H22N4O2S. The molecule has 0 aliphatic carbocycles. The van der Waals surface area contributed by atoms with Gasteiger partial charge < -0.3 is 10.1 Å². The first-order chi connectivity index (χ1) is 15.4. The lowest BCUT2D eigenvalue weighted by Gasteiger charge is -2.37. The Hall–Kier alpha value is -3.58. The molecule has 5 rings (SSSR count). The van der Waals surface area contributed by atoms with E-state index in [-0.39, 0.29) is 11.8 Å². The zero-order valence-electron chi connectivity index (χ0n) is 18.0. The van der Waals surface area contributed by atoms with Crippen LogP contribution in [0, 0.1) is 12.3 Å². The van der Waals surface area contributed by atoms with Crippen molar-refractivity contribution >= 4 is 22.4 Å². The molecule has 6 nitrogen and oxygen atoms in total.